The van der Waals surface area contributed by atoms with Gasteiger partial charge in [-0.15, -0.1) is 0 Å². The van der Waals surface area contributed by atoms with Gasteiger partial charge in [0.05, 0.1) is 24.6 Å². The Morgan fingerprint density at radius 2 is 2.29 bits per heavy atom. The number of aromatic nitrogens is 3. The summed E-state index contributed by atoms with van der Waals surface area (Å²) in [6.07, 6.45) is 4.38. The van der Waals surface area contributed by atoms with Gasteiger partial charge in [0.1, 0.15) is 5.52 Å². The Hall–Kier alpha value is -1.35. The van der Waals surface area contributed by atoms with E-state index >= 15 is 0 Å². The van der Waals surface area contributed by atoms with E-state index in [1.807, 2.05) is 6.26 Å². The van der Waals surface area contributed by atoms with Crippen LogP contribution in [0.1, 0.15) is 5.56 Å². The Labute approximate surface area is 126 Å². The van der Waals surface area contributed by atoms with Gasteiger partial charge in [0.15, 0.2) is 0 Å². The molecule has 0 saturated heterocycles. The first-order valence-corrected chi connectivity index (χ1v) is 8.09. The van der Waals surface area contributed by atoms with E-state index < -0.39 is 6.10 Å². The van der Waals surface area contributed by atoms with E-state index in [1.165, 1.54) is 6.33 Å². The molecule has 8 heteroatoms. The average Bonchev–Trinajstić information content (AvgIpc) is 2.90. The Morgan fingerprint density at radius 1 is 1.48 bits per heavy atom. The number of hydrogen-bond donors (Lipinski definition) is 5. The van der Waals surface area contributed by atoms with Crippen molar-refractivity contribution in [2.24, 2.45) is 5.92 Å². The van der Waals surface area contributed by atoms with Gasteiger partial charge in [0.25, 0.3) is 5.56 Å². The lowest BCUT2D eigenvalue weighted by atomic mass is 10.1. The number of nitrogens with zero attached hydrogens (tertiary/aromatic N) is 1. The second-order valence-electron chi connectivity index (χ2n) is 4.87. The maximum absolute atomic E-state index is 11.6. The molecule has 0 amide bonds. The standard InChI is InChI=1S/C13H20N4O3S/c1-21-6-9(10(19)5-18)3-14-2-8-4-15-12-11(8)16-7-17-13(12)20/h4,7,9-10,14-15,18-19H,2-3,5-6H2,1H3,(H,16,17,20)/t9?,10-/m1/s1. The number of fused-ring (bicyclic) bond motifs is 1. The number of nitrogens with one attached hydrogen (secondary N) is 3. The van der Waals surface area contributed by atoms with E-state index in [4.69, 9.17) is 5.11 Å². The van der Waals surface area contributed by atoms with Gasteiger partial charge < -0.3 is 25.5 Å². The van der Waals surface area contributed by atoms with E-state index in [9.17, 15) is 9.90 Å². The normalized spacial score (nSPS) is 14.4. The van der Waals surface area contributed by atoms with E-state index in [2.05, 4.69) is 20.3 Å². The van der Waals surface area contributed by atoms with Crippen LogP contribution in [0.3, 0.4) is 0 Å². The Balaban J connectivity index is 1.98. The number of thioether (sulfide) groups is 1. The van der Waals surface area contributed by atoms with Crippen LogP contribution in [-0.4, -0.2) is 56.4 Å². The third-order valence-corrected chi connectivity index (χ3v) is 4.14. The first-order chi connectivity index (χ1) is 10.2. The van der Waals surface area contributed by atoms with Crippen LogP contribution in [-0.2, 0) is 6.54 Å². The maximum atomic E-state index is 11.6. The minimum absolute atomic E-state index is 0.0217. The van der Waals surface area contributed by atoms with Crippen molar-refractivity contribution in [1.29, 1.82) is 0 Å². The van der Waals surface area contributed by atoms with Crippen molar-refractivity contribution in [1.82, 2.24) is 20.3 Å². The molecule has 0 saturated carbocycles. The summed E-state index contributed by atoms with van der Waals surface area (Å²) < 4.78 is 0. The summed E-state index contributed by atoms with van der Waals surface area (Å²) >= 11 is 1.63. The molecule has 2 aromatic heterocycles. The van der Waals surface area contributed by atoms with Gasteiger partial charge in [-0.1, -0.05) is 0 Å². The smallest absolute Gasteiger partial charge is 0.275 e. The average molecular weight is 312 g/mol. The number of hydrogen-bond acceptors (Lipinski definition) is 6. The van der Waals surface area contributed by atoms with Gasteiger partial charge in [-0.05, 0) is 12.0 Å². The van der Waals surface area contributed by atoms with Gasteiger partial charge in [0.2, 0.25) is 0 Å². The molecule has 0 radical (unpaired) electrons. The molecule has 0 aromatic carbocycles. The molecule has 0 aliphatic heterocycles. The number of aromatic amines is 2. The number of aliphatic hydroxyl groups is 2. The third-order valence-electron chi connectivity index (χ3n) is 3.38. The molecule has 0 fully saturated rings. The lowest BCUT2D eigenvalue weighted by Gasteiger charge is -2.20. The molecule has 0 spiro atoms. The van der Waals surface area contributed by atoms with Crippen LogP contribution in [0.2, 0.25) is 0 Å². The van der Waals surface area contributed by atoms with Gasteiger partial charge in [-0.25, -0.2) is 4.98 Å². The molecule has 2 aromatic rings. The fourth-order valence-corrected chi connectivity index (χ4v) is 2.97. The minimum atomic E-state index is -0.728. The maximum Gasteiger partial charge on any atom is 0.275 e. The van der Waals surface area contributed by atoms with E-state index in [-0.39, 0.29) is 18.1 Å². The molecule has 2 rings (SSSR count). The van der Waals surface area contributed by atoms with E-state index in [0.29, 0.717) is 24.1 Å². The summed E-state index contributed by atoms with van der Waals surface area (Å²) in [6.45, 7) is 0.884. The van der Waals surface area contributed by atoms with E-state index in [0.717, 1.165) is 11.3 Å². The highest BCUT2D eigenvalue weighted by molar-refractivity contribution is 7.98. The van der Waals surface area contributed by atoms with Crippen LogP contribution in [0.15, 0.2) is 17.3 Å². The molecule has 1 unspecified atom stereocenters. The number of rotatable bonds is 8. The molecule has 21 heavy (non-hydrogen) atoms. The van der Waals surface area contributed by atoms with Crippen LogP contribution < -0.4 is 10.9 Å². The highest BCUT2D eigenvalue weighted by Gasteiger charge is 2.17. The SMILES string of the molecule is CSCC(CNCc1c[nH]c2c(=O)[nH]cnc12)[C@H](O)CO. The third kappa shape index (κ3) is 3.85. The van der Waals surface area contributed by atoms with Gasteiger partial charge in [-0.3, -0.25) is 4.79 Å². The summed E-state index contributed by atoms with van der Waals surface area (Å²) in [5.74, 6) is 0.743. The highest BCUT2D eigenvalue weighted by atomic mass is 32.2. The molecule has 0 aliphatic rings. The summed E-state index contributed by atoms with van der Waals surface area (Å²) in [4.78, 5) is 21.2. The molecule has 0 aliphatic carbocycles. The summed E-state index contributed by atoms with van der Waals surface area (Å²) in [7, 11) is 0. The zero-order chi connectivity index (χ0) is 15.2. The lowest BCUT2D eigenvalue weighted by molar-refractivity contribution is 0.0549. The van der Waals surface area contributed by atoms with E-state index in [1.54, 1.807) is 18.0 Å². The summed E-state index contributed by atoms with van der Waals surface area (Å²) in [5, 5.41) is 22.0. The minimum Gasteiger partial charge on any atom is -0.394 e. The molecular formula is C13H20N4O3S. The van der Waals surface area contributed by atoms with Crippen LogP contribution >= 0.6 is 11.8 Å². The van der Waals surface area contributed by atoms with Crippen molar-refractivity contribution in [2.45, 2.75) is 12.6 Å². The topological polar surface area (TPSA) is 114 Å². The fraction of sp³-hybridized carbons (Fsp3) is 0.538. The van der Waals surface area contributed by atoms with Crippen LogP contribution in [0, 0.1) is 5.92 Å². The Bertz CT molecular complexity index is 627. The zero-order valence-corrected chi connectivity index (χ0v) is 12.6. The largest absolute Gasteiger partial charge is 0.394 e. The molecule has 2 heterocycles. The molecular weight excluding hydrogens is 292 g/mol. The Morgan fingerprint density at radius 3 is 3.00 bits per heavy atom. The van der Waals surface area contributed by atoms with Gasteiger partial charge in [-0.2, -0.15) is 11.8 Å². The second kappa shape index (κ2) is 7.60. The molecule has 5 N–H and O–H groups in total. The van der Waals surface area contributed by atoms with Crippen LogP contribution in [0.5, 0.6) is 0 Å². The first kappa shape index (κ1) is 16.0. The van der Waals surface area contributed by atoms with Crippen LogP contribution in [0.4, 0.5) is 0 Å². The lowest BCUT2D eigenvalue weighted by Crippen LogP contribution is -2.35. The molecule has 2 atom stereocenters. The van der Waals surface area contributed by atoms with Crippen molar-refractivity contribution >= 4 is 22.8 Å². The van der Waals surface area contributed by atoms with Gasteiger partial charge in [0, 0.05) is 30.8 Å². The predicted octanol–water partition coefficient (Wildman–Crippen LogP) is -0.327. The molecule has 0 bridgehead atoms. The summed E-state index contributed by atoms with van der Waals surface area (Å²) in [6, 6.07) is 0. The Kier molecular flexibility index (Phi) is 5.80. The predicted molar refractivity (Wildman–Crippen MR) is 83.4 cm³/mol. The monoisotopic (exact) mass is 312 g/mol. The number of aliphatic hydroxyl groups excluding tert-OH is 2. The van der Waals surface area contributed by atoms with Crippen molar-refractivity contribution < 1.29 is 10.2 Å². The fourth-order valence-electron chi connectivity index (χ4n) is 2.20. The van der Waals surface area contributed by atoms with Crippen molar-refractivity contribution in [3.8, 4) is 0 Å². The van der Waals surface area contributed by atoms with Crippen molar-refractivity contribution in [3.05, 3.63) is 28.4 Å². The van der Waals surface area contributed by atoms with Gasteiger partial charge >= 0.3 is 0 Å². The zero-order valence-electron chi connectivity index (χ0n) is 11.8. The first-order valence-electron chi connectivity index (χ1n) is 6.69. The van der Waals surface area contributed by atoms with Crippen LogP contribution in [0.25, 0.3) is 11.0 Å². The van der Waals surface area contributed by atoms with Crippen molar-refractivity contribution in [3.63, 3.8) is 0 Å². The molecule has 7 nitrogen and oxygen atoms in total. The summed E-state index contributed by atoms with van der Waals surface area (Å²) in [5.41, 5.74) is 1.82. The molecule has 116 valence electrons. The van der Waals surface area contributed by atoms with Crippen molar-refractivity contribution in [2.75, 3.05) is 25.2 Å². The number of H-pyrrole nitrogens is 2. The quantitative estimate of drug-likeness (QED) is 0.456. The second-order valence-corrected chi connectivity index (χ2v) is 5.78. The highest BCUT2D eigenvalue weighted by Crippen LogP contribution is 2.13.